The molecule has 1 aliphatic heterocycles. The number of carbonyl (C=O) groups is 2. The van der Waals surface area contributed by atoms with Gasteiger partial charge in [0.1, 0.15) is 23.0 Å². The number of rotatable bonds is 6. The van der Waals surface area contributed by atoms with Crippen molar-refractivity contribution in [3.05, 3.63) is 62.8 Å². The number of aromatic nitrogens is 1. The lowest BCUT2D eigenvalue weighted by Gasteiger charge is -2.29. The van der Waals surface area contributed by atoms with Crippen molar-refractivity contribution in [1.82, 2.24) is 15.2 Å². The Balaban J connectivity index is 1.92. The first-order valence-electron chi connectivity index (χ1n) is 9.42. The summed E-state index contributed by atoms with van der Waals surface area (Å²) in [5, 5.41) is 15.1. The molecule has 0 radical (unpaired) electrons. The summed E-state index contributed by atoms with van der Waals surface area (Å²) < 4.78 is 41.9. The molecular weight excluding hydrogens is 403 g/mol. The van der Waals surface area contributed by atoms with Crippen LogP contribution in [-0.4, -0.2) is 28.0 Å². The van der Waals surface area contributed by atoms with E-state index in [4.69, 9.17) is 0 Å². The van der Waals surface area contributed by atoms with Gasteiger partial charge in [0.25, 0.3) is 11.8 Å². The number of fused-ring (bicyclic) bond motifs is 1. The van der Waals surface area contributed by atoms with Crippen molar-refractivity contribution >= 4 is 11.8 Å². The smallest absolute Gasteiger partial charge is 0.272 e. The number of carbonyl (C=O) groups excluding carboxylic acids is 2. The molecule has 1 aromatic carbocycles. The Morgan fingerprint density at radius 1 is 1.27 bits per heavy atom. The topological polar surface area (TPSA) is 100 Å². The molecule has 1 aromatic heterocycles. The van der Waals surface area contributed by atoms with E-state index in [1.807, 2.05) is 6.92 Å². The van der Waals surface area contributed by atoms with E-state index >= 15 is 0 Å². The standard InChI is InChI=1S/C20H20F3N3O4/c1-2-3-4-11-7-24-20(30)16-18(28)17(27)13(9-26(11)16)19(29)25-8-12-14(22)5-10(21)6-15(12)23/h5-6,9,11,28H,2-4,7-8H2,1H3,(H,24,30)(H,25,29)/t11-/m1/s1. The average Bonchev–Trinajstić information content (AvgIpc) is 2.68. The van der Waals surface area contributed by atoms with E-state index in [9.17, 15) is 32.7 Å². The highest BCUT2D eigenvalue weighted by Gasteiger charge is 2.30. The van der Waals surface area contributed by atoms with Crippen LogP contribution in [-0.2, 0) is 6.54 Å². The van der Waals surface area contributed by atoms with Gasteiger partial charge in [0.15, 0.2) is 11.4 Å². The second kappa shape index (κ2) is 8.60. The number of halogens is 3. The summed E-state index contributed by atoms with van der Waals surface area (Å²) in [5.41, 5.74) is -2.37. The van der Waals surface area contributed by atoms with Crippen molar-refractivity contribution in [3.63, 3.8) is 0 Å². The number of hydrogen-bond donors (Lipinski definition) is 3. The Bertz CT molecular complexity index is 1040. The van der Waals surface area contributed by atoms with Crippen LogP contribution in [0.5, 0.6) is 5.75 Å². The minimum Gasteiger partial charge on any atom is -0.503 e. The first kappa shape index (κ1) is 21.4. The fourth-order valence-electron chi connectivity index (χ4n) is 3.37. The van der Waals surface area contributed by atoms with Gasteiger partial charge in [0.2, 0.25) is 5.43 Å². The SMILES string of the molecule is CCCC[C@@H]1CNC(=O)c2c(O)c(=O)c(C(=O)NCc3c(F)cc(F)cc3F)cn21. The molecule has 0 aliphatic carbocycles. The zero-order chi connectivity index (χ0) is 22.0. The number of amides is 2. The maximum Gasteiger partial charge on any atom is 0.272 e. The summed E-state index contributed by atoms with van der Waals surface area (Å²) in [6, 6.07) is 0.671. The Morgan fingerprint density at radius 3 is 2.57 bits per heavy atom. The number of pyridine rings is 1. The zero-order valence-corrected chi connectivity index (χ0v) is 16.1. The highest BCUT2D eigenvalue weighted by Crippen LogP contribution is 2.25. The van der Waals surface area contributed by atoms with E-state index in [2.05, 4.69) is 10.6 Å². The molecule has 3 N–H and O–H groups in total. The van der Waals surface area contributed by atoms with Crippen LogP contribution in [0, 0.1) is 17.5 Å². The van der Waals surface area contributed by atoms with Crippen LogP contribution in [0.2, 0.25) is 0 Å². The second-order valence-corrected chi connectivity index (χ2v) is 7.01. The molecule has 30 heavy (non-hydrogen) atoms. The molecule has 3 rings (SSSR count). The number of aromatic hydroxyl groups is 1. The van der Waals surface area contributed by atoms with E-state index in [0.717, 1.165) is 12.8 Å². The lowest BCUT2D eigenvalue weighted by Crippen LogP contribution is -2.42. The molecule has 0 fully saturated rings. The average molecular weight is 423 g/mol. The highest BCUT2D eigenvalue weighted by atomic mass is 19.1. The van der Waals surface area contributed by atoms with Gasteiger partial charge in [0, 0.05) is 37.0 Å². The van der Waals surface area contributed by atoms with Crippen LogP contribution in [0.15, 0.2) is 23.1 Å². The van der Waals surface area contributed by atoms with E-state index in [1.54, 1.807) is 0 Å². The molecule has 10 heteroatoms. The van der Waals surface area contributed by atoms with Gasteiger partial charge in [-0.2, -0.15) is 0 Å². The van der Waals surface area contributed by atoms with Gasteiger partial charge in [-0.1, -0.05) is 19.8 Å². The number of unbranched alkanes of at least 4 members (excludes halogenated alkanes) is 1. The normalized spacial score (nSPS) is 15.5. The molecule has 7 nitrogen and oxygen atoms in total. The van der Waals surface area contributed by atoms with Gasteiger partial charge in [-0.3, -0.25) is 14.4 Å². The van der Waals surface area contributed by atoms with Crippen LogP contribution in [0.4, 0.5) is 13.2 Å². The number of nitrogens with one attached hydrogen (secondary N) is 2. The van der Waals surface area contributed by atoms with Gasteiger partial charge < -0.3 is 20.3 Å². The van der Waals surface area contributed by atoms with Gasteiger partial charge in [0.05, 0.1) is 6.04 Å². The first-order chi connectivity index (χ1) is 14.2. The van der Waals surface area contributed by atoms with E-state index < -0.39 is 58.1 Å². The fourth-order valence-corrected chi connectivity index (χ4v) is 3.37. The summed E-state index contributed by atoms with van der Waals surface area (Å²) in [6.45, 7) is 1.61. The molecule has 0 saturated carbocycles. The predicted molar refractivity (Wildman–Crippen MR) is 101 cm³/mol. The molecule has 2 aromatic rings. The van der Waals surface area contributed by atoms with Crippen LogP contribution < -0.4 is 16.1 Å². The summed E-state index contributed by atoms with van der Waals surface area (Å²) in [5.74, 6) is -5.98. The molecule has 1 aliphatic rings. The largest absolute Gasteiger partial charge is 0.503 e. The maximum atomic E-state index is 13.8. The van der Waals surface area contributed by atoms with Crippen molar-refractivity contribution in [3.8, 4) is 5.75 Å². The highest BCUT2D eigenvalue weighted by molar-refractivity contribution is 5.99. The third-order valence-corrected chi connectivity index (χ3v) is 4.98. The fraction of sp³-hybridized carbons (Fsp3) is 0.350. The molecule has 160 valence electrons. The Labute approximate surface area is 169 Å². The van der Waals surface area contributed by atoms with Crippen molar-refractivity contribution in [2.24, 2.45) is 0 Å². The molecule has 0 bridgehead atoms. The lowest BCUT2D eigenvalue weighted by molar-refractivity contribution is 0.0897. The third-order valence-electron chi connectivity index (χ3n) is 4.98. The van der Waals surface area contributed by atoms with Crippen molar-refractivity contribution in [2.75, 3.05) is 6.54 Å². The summed E-state index contributed by atoms with van der Waals surface area (Å²) >= 11 is 0. The van der Waals surface area contributed by atoms with Gasteiger partial charge in [-0.05, 0) is 6.42 Å². The molecule has 0 saturated heterocycles. The van der Waals surface area contributed by atoms with E-state index in [-0.39, 0.29) is 18.3 Å². The Hall–Kier alpha value is -3.30. The zero-order valence-electron chi connectivity index (χ0n) is 16.1. The van der Waals surface area contributed by atoms with Crippen LogP contribution in [0.1, 0.15) is 58.6 Å². The molecule has 0 unspecified atom stereocenters. The molecular formula is C20H20F3N3O4. The van der Waals surface area contributed by atoms with Crippen molar-refractivity contribution in [1.29, 1.82) is 0 Å². The lowest BCUT2D eigenvalue weighted by atomic mass is 10.0. The summed E-state index contributed by atoms with van der Waals surface area (Å²) in [4.78, 5) is 37.1. The first-order valence-corrected chi connectivity index (χ1v) is 9.42. The van der Waals surface area contributed by atoms with E-state index in [1.165, 1.54) is 10.8 Å². The molecule has 1 atom stereocenters. The van der Waals surface area contributed by atoms with Crippen molar-refractivity contribution < 1.29 is 27.9 Å². The van der Waals surface area contributed by atoms with Crippen LogP contribution in [0.25, 0.3) is 0 Å². The molecule has 2 amide bonds. The minimum absolute atomic E-state index is 0.237. The summed E-state index contributed by atoms with van der Waals surface area (Å²) in [6.07, 6.45) is 3.51. The quantitative estimate of drug-likeness (QED) is 0.664. The van der Waals surface area contributed by atoms with Gasteiger partial charge >= 0.3 is 0 Å². The number of benzene rings is 1. The Kier molecular flexibility index (Phi) is 6.14. The van der Waals surface area contributed by atoms with Crippen LogP contribution >= 0.6 is 0 Å². The maximum absolute atomic E-state index is 13.8. The predicted octanol–water partition coefficient (Wildman–Crippen LogP) is 2.38. The molecule has 0 spiro atoms. The Morgan fingerprint density at radius 2 is 1.93 bits per heavy atom. The number of nitrogens with zero attached hydrogens (tertiary/aromatic N) is 1. The third kappa shape index (κ3) is 4.03. The van der Waals surface area contributed by atoms with Gasteiger partial charge in [-0.25, -0.2) is 13.2 Å². The number of hydrogen-bond acceptors (Lipinski definition) is 4. The second-order valence-electron chi connectivity index (χ2n) is 7.01. The van der Waals surface area contributed by atoms with Crippen LogP contribution in [0.3, 0.4) is 0 Å². The van der Waals surface area contributed by atoms with E-state index in [0.29, 0.717) is 18.6 Å². The van der Waals surface area contributed by atoms with Gasteiger partial charge in [-0.15, -0.1) is 0 Å². The summed E-state index contributed by atoms with van der Waals surface area (Å²) in [7, 11) is 0. The molecule has 2 heterocycles. The monoisotopic (exact) mass is 423 g/mol. The van der Waals surface area contributed by atoms with Crippen molar-refractivity contribution in [2.45, 2.75) is 38.8 Å². The minimum atomic E-state index is -1.19.